The predicted octanol–water partition coefficient (Wildman–Crippen LogP) is 4.94. The van der Waals surface area contributed by atoms with E-state index in [1.807, 2.05) is 0 Å². The maximum atomic E-state index is 3.65. The van der Waals surface area contributed by atoms with Crippen molar-refractivity contribution in [1.82, 2.24) is 5.32 Å². The average molecular weight is 259 g/mol. The van der Waals surface area contributed by atoms with Crippen LogP contribution in [-0.4, -0.2) is 6.54 Å². The van der Waals surface area contributed by atoms with Crippen molar-refractivity contribution in [2.75, 3.05) is 6.54 Å². The molecule has 3 unspecified atom stereocenters. The van der Waals surface area contributed by atoms with Crippen molar-refractivity contribution in [2.45, 2.75) is 58.4 Å². The smallest absolute Gasteiger partial charge is 0.0320 e. The monoisotopic (exact) mass is 259 g/mol. The Labute approximate surface area is 118 Å². The van der Waals surface area contributed by atoms with Crippen LogP contribution in [0.1, 0.15) is 64.0 Å². The highest BCUT2D eigenvalue weighted by Gasteiger charge is 2.20. The largest absolute Gasteiger partial charge is 0.310 e. The van der Waals surface area contributed by atoms with Crippen LogP contribution in [0.5, 0.6) is 0 Å². The summed E-state index contributed by atoms with van der Waals surface area (Å²) >= 11 is 0. The fourth-order valence-electron chi connectivity index (χ4n) is 3.54. The van der Waals surface area contributed by atoms with E-state index in [0.717, 1.165) is 18.4 Å². The normalized spacial score (nSPS) is 25.2. The predicted molar refractivity (Wildman–Crippen MR) is 83.2 cm³/mol. The standard InChI is InChI=1S/C18H29N/c1-3-19-18(17-10-5-4-6-11-17)13-12-16-9-7-8-15(2)14-16/h4-6,10-11,15-16,18-19H,3,7-9,12-14H2,1-2H3. The summed E-state index contributed by atoms with van der Waals surface area (Å²) < 4.78 is 0. The van der Waals surface area contributed by atoms with E-state index in [9.17, 15) is 0 Å². The average Bonchev–Trinajstić information content (AvgIpc) is 2.44. The van der Waals surface area contributed by atoms with Gasteiger partial charge in [0.25, 0.3) is 0 Å². The minimum Gasteiger partial charge on any atom is -0.310 e. The second-order valence-electron chi connectivity index (χ2n) is 6.24. The van der Waals surface area contributed by atoms with Gasteiger partial charge in [-0.3, -0.25) is 0 Å². The van der Waals surface area contributed by atoms with Crippen LogP contribution in [0.3, 0.4) is 0 Å². The van der Waals surface area contributed by atoms with Gasteiger partial charge in [0.2, 0.25) is 0 Å². The Balaban J connectivity index is 1.86. The van der Waals surface area contributed by atoms with Crippen LogP contribution in [0.15, 0.2) is 30.3 Å². The highest BCUT2D eigenvalue weighted by atomic mass is 14.9. The van der Waals surface area contributed by atoms with Crippen molar-refractivity contribution in [3.8, 4) is 0 Å². The lowest BCUT2D eigenvalue weighted by Gasteiger charge is -2.28. The zero-order valence-corrected chi connectivity index (χ0v) is 12.6. The third-order valence-corrected chi connectivity index (χ3v) is 4.56. The van der Waals surface area contributed by atoms with Gasteiger partial charge in [0.1, 0.15) is 0 Å². The van der Waals surface area contributed by atoms with E-state index < -0.39 is 0 Å². The minimum absolute atomic E-state index is 0.545. The summed E-state index contributed by atoms with van der Waals surface area (Å²) in [7, 11) is 0. The number of hydrogen-bond acceptors (Lipinski definition) is 1. The summed E-state index contributed by atoms with van der Waals surface area (Å²) in [5.74, 6) is 1.92. The molecular formula is C18H29N. The molecule has 106 valence electrons. The van der Waals surface area contributed by atoms with Gasteiger partial charge in [0.05, 0.1) is 0 Å². The lowest BCUT2D eigenvalue weighted by molar-refractivity contribution is 0.257. The Morgan fingerprint density at radius 2 is 2.00 bits per heavy atom. The number of benzene rings is 1. The molecule has 0 aliphatic heterocycles. The Bertz CT molecular complexity index is 346. The molecule has 1 aromatic carbocycles. The number of rotatable bonds is 6. The lowest BCUT2D eigenvalue weighted by atomic mass is 9.79. The minimum atomic E-state index is 0.545. The van der Waals surface area contributed by atoms with Gasteiger partial charge >= 0.3 is 0 Å². The van der Waals surface area contributed by atoms with E-state index in [1.54, 1.807) is 0 Å². The van der Waals surface area contributed by atoms with E-state index >= 15 is 0 Å². The van der Waals surface area contributed by atoms with Crippen molar-refractivity contribution in [3.05, 3.63) is 35.9 Å². The molecule has 0 radical (unpaired) electrons. The quantitative estimate of drug-likeness (QED) is 0.762. The van der Waals surface area contributed by atoms with Crippen LogP contribution in [0.25, 0.3) is 0 Å². The van der Waals surface area contributed by atoms with E-state index in [2.05, 4.69) is 49.5 Å². The molecule has 0 saturated heterocycles. The Hall–Kier alpha value is -0.820. The molecule has 1 N–H and O–H groups in total. The molecule has 1 heteroatoms. The fraction of sp³-hybridized carbons (Fsp3) is 0.667. The summed E-state index contributed by atoms with van der Waals surface area (Å²) in [6.07, 6.45) is 8.48. The van der Waals surface area contributed by atoms with Gasteiger partial charge in [-0.2, -0.15) is 0 Å². The van der Waals surface area contributed by atoms with E-state index in [4.69, 9.17) is 0 Å². The van der Waals surface area contributed by atoms with E-state index in [-0.39, 0.29) is 0 Å². The van der Waals surface area contributed by atoms with Crippen LogP contribution < -0.4 is 5.32 Å². The molecule has 1 saturated carbocycles. The zero-order valence-electron chi connectivity index (χ0n) is 12.6. The van der Waals surface area contributed by atoms with Gasteiger partial charge in [-0.25, -0.2) is 0 Å². The molecule has 1 nitrogen and oxygen atoms in total. The van der Waals surface area contributed by atoms with Crippen LogP contribution in [0, 0.1) is 11.8 Å². The lowest BCUT2D eigenvalue weighted by Crippen LogP contribution is -2.22. The van der Waals surface area contributed by atoms with Crippen molar-refractivity contribution in [3.63, 3.8) is 0 Å². The molecule has 1 aliphatic rings. The molecule has 2 rings (SSSR count). The van der Waals surface area contributed by atoms with Crippen LogP contribution in [0.4, 0.5) is 0 Å². The van der Waals surface area contributed by atoms with Gasteiger partial charge in [0, 0.05) is 6.04 Å². The van der Waals surface area contributed by atoms with Crippen LogP contribution in [0.2, 0.25) is 0 Å². The highest BCUT2D eigenvalue weighted by molar-refractivity contribution is 5.18. The van der Waals surface area contributed by atoms with Crippen LogP contribution in [-0.2, 0) is 0 Å². The molecule has 0 aromatic heterocycles. The molecule has 0 spiro atoms. The van der Waals surface area contributed by atoms with Crippen LogP contribution >= 0.6 is 0 Å². The van der Waals surface area contributed by atoms with Gasteiger partial charge in [-0.15, -0.1) is 0 Å². The fourth-order valence-corrected chi connectivity index (χ4v) is 3.54. The SMILES string of the molecule is CCNC(CCC1CCCC(C)C1)c1ccccc1. The van der Waals surface area contributed by atoms with Crippen molar-refractivity contribution < 1.29 is 0 Å². The molecule has 1 aromatic rings. The third-order valence-electron chi connectivity index (χ3n) is 4.56. The molecule has 0 amide bonds. The first-order chi connectivity index (χ1) is 9.29. The summed E-state index contributed by atoms with van der Waals surface area (Å²) in [6.45, 7) is 5.68. The second-order valence-corrected chi connectivity index (χ2v) is 6.24. The first kappa shape index (κ1) is 14.6. The second kappa shape index (κ2) is 7.69. The maximum absolute atomic E-state index is 3.65. The number of hydrogen-bond donors (Lipinski definition) is 1. The third kappa shape index (κ3) is 4.65. The maximum Gasteiger partial charge on any atom is 0.0320 e. The Morgan fingerprint density at radius 3 is 2.68 bits per heavy atom. The van der Waals surface area contributed by atoms with Gasteiger partial charge in [-0.1, -0.05) is 63.4 Å². The molecule has 1 aliphatic carbocycles. The number of nitrogens with one attached hydrogen (secondary N) is 1. The summed E-state index contributed by atoms with van der Waals surface area (Å²) in [5, 5.41) is 3.65. The molecular weight excluding hydrogens is 230 g/mol. The molecule has 0 bridgehead atoms. The molecule has 19 heavy (non-hydrogen) atoms. The van der Waals surface area contributed by atoms with Gasteiger partial charge < -0.3 is 5.32 Å². The van der Waals surface area contributed by atoms with Crippen molar-refractivity contribution >= 4 is 0 Å². The van der Waals surface area contributed by atoms with Crippen molar-refractivity contribution in [1.29, 1.82) is 0 Å². The molecule has 1 fully saturated rings. The molecule has 0 heterocycles. The van der Waals surface area contributed by atoms with E-state index in [1.165, 1.54) is 44.1 Å². The first-order valence-corrected chi connectivity index (χ1v) is 8.08. The van der Waals surface area contributed by atoms with E-state index in [0.29, 0.717) is 6.04 Å². The Kier molecular flexibility index (Phi) is 5.91. The first-order valence-electron chi connectivity index (χ1n) is 8.08. The van der Waals surface area contributed by atoms with Crippen molar-refractivity contribution in [2.24, 2.45) is 11.8 Å². The zero-order chi connectivity index (χ0) is 13.5. The summed E-state index contributed by atoms with van der Waals surface area (Å²) in [6, 6.07) is 11.5. The summed E-state index contributed by atoms with van der Waals surface area (Å²) in [5.41, 5.74) is 1.45. The Morgan fingerprint density at radius 1 is 1.21 bits per heavy atom. The summed E-state index contributed by atoms with van der Waals surface area (Å²) in [4.78, 5) is 0. The topological polar surface area (TPSA) is 12.0 Å². The van der Waals surface area contributed by atoms with Gasteiger partial charge in [0.15, 0.2) is 0 Å². The molecule has 3 atom stereocenters. The highest BCUT2D eigenvalue weighted by Crippen LogP contribution is 2.33. The van der Waals surface area contributed by atoms with Gasteiger partial charge in [-0.05, 0) is 43.2 Å².